The van der Waals surface area contributed by atoms with E-state index in [1.165, 1.54) is 37.9 Å². The van der Waals surface area contributed by atoms with Crippen LogP contribution in [-0.2, 0) is 6.54 Å². The number of amides is 1. The fraction of sp³-hybridized carbons (Fsp3) is 0.364. The highest BCUT2D eigenvalue weighted by molar-refractivity contribution is 7.80. The molecule has 0 radical (unpaired) electrons. The van der Waals surface area contributed by atoms with E-state index < -0.39 is 0 Å². The Labute approximate surface area is 176 Å². The quantitative estimate of drug-likeness (QED) is 0.750. The number of hydrogen-bond donors (Lipinski definition) is 2. The van der Waals surface area contributed by atoms with Crippen molar-refractivity contribution in [1.82, 2.24) is 10.2 Å². The van der Waals surface area contributed by atoms with Crippen molar-refractivity contribution in [2.75, 3.05) is 31.6 Å². The van der Waals surface area contributed by atoms with E-state index in [9.17, 15) is 4.79 Å². The van der Waals surface area contributed by atoms with Crippen molar-refractivity contribution in [3.8, 4) is 11.5 Å². The number of piperidine rings is 1. The summed E-state index contributed by atoms with van der Waals surface area (Å²) in [4.78, 5) is 15.0. The summed E-state index contributed by atoms with van der Waals surface area (Å²) in [5, 5.41) is 6.03. The standard InChI is InChI=1S/C22H25N3O3S/c26-21(17-6-9-19-20(14-17)28-13-12-27-19)24-22(29)23-18-7-4-16(5-8-18)15-25-10-2-1-3-11-25/h4-9,14H,1-3,10-13,15H2,(H2,23,24,26,29). The molecule has 2 heterocycles. The smallest absolute Gasteiger partial charge is 0.257 e. The van der Waals surface area contributed by atoms with Crippen molar-refractivity contribution >= 4 is 28.9 Å². The molecule has 1 saturated heterocycles. The van der Waals surface area contributed by atoms with Gasteiger partial charge in [0.05, 0.1) is 0 Å². The molecule has 0 aliphatic carbocycles. The Morgan fingerprint density at radius 3 is 2.45 bits per heavy atom. The van der Waals surface area contributed by atoms with E-state index in [0.29, 0.717) is 30.3 Å². The predicted molar refractivity (Wildman–Crippen MR) is 117 cm³/mol. The van der Waals surface area contributed by atoms with Crippen LogP contribution in [0.2, 0.25) is 0 Å². The minimum absolute atomic E-state index is 0.258. The summed E-state index contributed by atoms with van der Waals surface area (Å²) in [6.45, 7) is 4.33. The van der Waals surface area contributed by atoms with Gasteiger partial charge in [-0.15, -0.1) is 0 Å². The molecule has 0 aromatic heterocycles. The molecule has 0 atom stereocenters. The number of rotatable bonds is 4. The van der Waals surface area contributed by atoms with Crippen molar-refractivity contribution < 1.29 is 14.3 Å². The zero-order valence-electron chi connectivity index (χ0n) is 16.3. The molecule has 6 nitrogen and oxygen atoms in total. The van der Waals surface area contributed by atoms with Crippen molar-refractivity contribution in [2.24, 2.45) is 0 Å². The Bertz CT molecular complexity index is 879. The first-order valence-electron chi connectivity index (χ1n) is 10.0. The lowest BCUT2D eigenvalue weighted by atomic mass is 10.1. The fourth-order valence-electron chi connectivity index (χ4n) is 3.59. The van der Waals surface area contributed by atoms with Gasteiger partial charge in [0.2, 0.25) is 0 Å². The summed E-state index contributed by atoms with van der Waals surface area (Å²) in [7, 11) is 0. The van der Waals surface area contributed by atoms with Crippen molar-refractivity contribution in [3.63, 3.8) is 0 Å². The fourth-order valence-corrected chi connectivity index (χ4v) is 3.80. The molecule has 2 aromatic rings. The van der Waals surface area contributed by atoms with Gasteiger partial charge >= 0.3 is 0 Å². The largest absolute Gasteiger partial charge is 0.486 e. The molecule has 0 saturated carbocycles. The molecule has 2 aromatic carbocycles. The van der Waals surface area contributed by atoms with Gasteiger partial charge in [0.25, 0.3) is 5.91 Å². The molecule has 2 aliphatic rings. The highest BCUT2D eigenvalue weighted by Crippen LogP contribution is 2.30. The van der Waals surface area contributed by atoms with Gasteiger partial charge in [-0.25, -0.2) is 0 Å². The van der Waals surface area contributed by atoms with Crippen LogP contribution in [0, 0.1) is 0 Å². The maximum absolute atomic E-state index is 12.5. The van der Waals surface area contributed by atoms with Crippen LogP contribution in [-0.4, -0.2) is 42.2 Å². The molecule has 4 rings (SSSR count). The molecule has 2 aliphatic heterocycles. The normalized spacial score (nSPS) is 16.1. The van der Waals surface area contributed by atoms with Crippen molar-refractivity contribution in [1.29, 1.82) is 0 Å². The number of likely N-dealkylation sites (tertiary alicyclic amines) is 1. The zero-order chi connectivity index (χ0) is 20.1. The minimum atomic E-state index is -0.291. The summed E-state index contributed by atoms with van der Waals surface area (Å²) in [6, 6.07) is 13.3. The first kappa shape index (κ1) is 19.7. The second-order valence-electron chi connectivity index (χ2n) is 7.30. The molecular weight excluding hydrogens is 386 g/mol. The summed E-state index contributed by atoms with van der Waals surface area (Å²) in [5.41, 5.74) is 2.60. The number of carbonyl (C=O) groups excluding carboxylic acids is 1. The summed E-state index contributed by atoms with van der Waals surface area (Å²) in [6.07, 6.45) is 3.92. The lowest BCUT2D eigenvalue weighted by Gasteiger charge is -2.26. The lowest BCUT2D eigenvalue weighted by Crippen LogP contribution is -2.34. The van der Waals surface area contributed by atoms with Gasteiger partial charge in [0.15, 0.2) is 16.6 Å². The van der Waals surface area contributed by atoms with E-state index in [1.807, 2.05) is 12.1 Å². The molecule has 0 spiro atoms. The molecule has 152 valence electrons. The number of nitrogens with zero attached hydrogens (tertiary/aromatic N) is 1. The van der Waals surface area contributed by atoms with E-state index in [0.717, 1.165) is 12.2 Å². The molecular formula is C22H25N3O3S. The molecule has 29 heavy (non-hydrogen) atoms. The monoisotopic (exact) mass is 411 g/mol. The number of carbonyl (C=O) groups is 1. The van der Waals surface area contributed by atoms with Crippen molar-refractivity contribution in [2.45, 2.75) is 25.8 Å². The van der Waals surface area contributed by atoms with Crippen molar-refractivity contribution in [3.05, 3.63) is 53.6 Å². The zero-order valence-corrected chi connectivity index (χ0v) is 17.1. The SMILES string of the molecule is O=C(NC(=S)Nc1ccc(CN2CCCCC2)cc1)c1ccc2c(c1)OCCO2. The van der Waals surface area contributed by atoms with Gasteiger partial charge in [-0.2, -0.15) is 0 Å². The third kappa shape index (κ3) is 5.25. The maximum Gasteiger partial charge on any atom is 0.257 e. The van der Waals surface area contributed by atoms with Crippen LogP contribution in [0.1, 0.15) is 35.2 Å². The number of fused-ring (bicyclic) bond motifs is 1. The van der Waals surface area contributed by atoms with Gasteiger partial charge < -0.3 is 14.8 Å². The van der Waals surface area contributed by atoms with Crippen LogP contribution in [0.25, 0.3) is 0 Å². The van der Waals surface area contributed by atoms with E-state index in [-0.39, 0.29) is 11.0 Å². The van der Waals surface area contributed by atoms with Crippen LogP contribution < -0.4 is 20.1 Å². The van der Waals surface area contributed by atoms with E-state index in [2.05, 4.69) is 27.7 Å². The Kier molecular flexibility index (Phi) is 6.27. The Morgan fingerprint density at radius 2 is 1.69 bits per heavy atom. The van der Waals surface area contributed by atoms with Gasteiger partial charge in [0, 0.05) is 17.8 Å². The molecule has 0 bridgehead atoms. The topological polar surface area (TPSA) is 62.8 Å². The molecule has 2 N–H and O–H groups in total. The first-order chi connectivity index (χ1) is 14.2. The Hall–Kier alpha value is -2.64. The average molecular weight is 412 g/mol. The van der Waals surface area contributed by atoms with E-state index in [1.54, 1.807) is 18.2 Å². The van der Waals surface area contributed by atoms with Gasteiger partial charge in [0.1, 0.15) is 13.2 Å². The number of thiocarbonyl (C=S) groups is 1. The van der Waals surface area contributed by atoms with E-state index >= 15 is 0 Å². The van der Waals surface area contributed by atoms with Gasteiger partial charge in [-0.3, -0.25) is 15.0 Å². The second kappa shape index (κ2) is 9.24. The predicted octanol–water partition coefficient (Wildman–Crippen LogP) is 3.57. The van der Waals surface area contributed by atoms with Crippen LogP contribution in [0.4, 0.5) is 5.69 Å². The second-order valence-corrected chi connectivity index (χ2v) is 7.71. The number of benzene rings is 2. The highest BCUT2D eigenvalue weighted by Gasteiger charge is 2.16. The number of anilines is 1. The maximum atomic E-state index is 12.5. The molecule has 0 unspecified atom stereocenters. The Morgan fingerprint density at radius 1 is 0.966 bits per heavy atom. The number of ether oxygens (including phenoxy) is 2. The minimum Gasteiger partial charge on any atom is -0.486 e. The Balaban J connectivity index is 1.30. The highest BCUT2D eigenvalue weighted by atomic mass is 32.1. The number of nitrogens with one attached hydrogen (secondary N) is 2. The van der Waals surface area contributed by atoms with E-state index in [4.69, 9.17) is 21.7 Å². The molecule has 7 heteroatoms. The van der Waals surface area contributed by atoms with Gasteiger partial charge in [-0.1, -0.05) is 18.6 Å². The third-order valence-electron chi connectivity index (χ3n) is 5.10. The molecule has 1 fully saturated rings. The number of hydrogen-bond acceptors (Lipinski definition) is 5. The first-order valence-corrected chi connectivity index (χ1v) is 10.4. The van der Waals surface area contributed by atoms with Gasteiger partial charge in [-0.05, 0) is 74.0 Å². The molecule has 1 amide bonds. The average Bonchev–Trinajstić information content (AvgIpc) is 2.75. The van der Waals surface area contributed by atoms with Crippen LogP contribution >= 0.6 is 12.2 Å². The summed E-state index contributed by atoms with van der Waals surface area (Å²) >= 11 is 5.29. The summed E-state index contributed by atoms with van der Waals surface area (Å²) in [5.74, 6) is 0.936. The summed E-state index contributed by atoms with van der Waals surface area (Å²) < 4.78 is 11.0. The lowest BCUT2D eigenvalue weighted by molar-refractivity contribution is 0.0976. The third-order valence-corrected chi connectivity index (χ3v) is 5.30. The van der Waals surface area contributed by atoms with Crippen LogP contribution in [0.15, 0.2) is 42.5 Å². The van der Waals surface area contributed by atoms with Crippen LogP contribution in [0.5, 0.6) is 11.5 Å². The van der Waals surface area contributed by atoms with Crippen LogP contribution in [0.3, 0.4) is 0 Å².